The Kier molecular flexibility index (Phi) is 7.89. The smallest absolute Gasteiger partial charge is 0.364 e. The average molecular weight is 570 g/mol. The summed E-state index contributed by atoms with van der Waals surface area (Å²) < 4.78 is 90.7. The molecule has 1 unspecified atom stereocenters. The highest BCUT2D eigenvalue weighted by Gasteiger charge is 2.37. The van der Waals surface area contributed by atoms with Gasteiger partial charge in [0.05, 0.1) is 5.56 Å². The molecule has 2 aliphatic heterocycles. The van der Waals surface area contributed by atoms with E-state index in [1.54, 1.807) is 9.80 Å². The number of likely N-dealkylation sites (tertiary alicyclic amines) is 1. The van der Waals surface area contributed by atoms with E-state index in [0.717, 1.165) is 0 Å². The molecule has 4 rings (SSSR count). The molecule has 2 saturated heterocycles. The number of hydrogen-bond acceptors (Lipinski definition) is 8. The SMILES string of the molecule is O=C(N1CCN(c2ncc(C(F)(F)F)cn2)CC1)N1CCCC(Nc2cc(C(F)(F)F)c(=O)n(SF)n2)C1. The molecule has 2 amide bonds. The third-order valence-corrected chi connectivity index (χ3v) is 6.48. The summed E-state index contributed by atoms with van der Waals surface area (Å²) >= 11 is -0.755. The van der Waals surface area contributed by atoms with E-state index in [4.69, 9.17) is 0 Å². The Hall–Kier alpha value is -3.31. The molecule has 208 valence electrons. The van der Waals surface area contributed by atoms with Crippen molar-refractivity contribution in [1.29, 1.82) is 0 Å². The highest BCUT2D eigenvalue weighted by molar-refractivity contribution is 7.92. The summed E-state index contributed by atoms with van der Waals surface area (Å²) in [4.78, 5) is 37.1. The quantitative estimate of drug-likeness (QED) is 0.560. The summed E-state index contributed by atoms with van der Waals surface area (Å²) in [6.45, 7) is 1.63. The average Bonchev–Trinajstić information content (AvgIpc) is 2.88. The number of hydrogen-bond donors (Lipinski definition) is 1. The lowest BCUT2D eigenvalue weighted by molar-refractivity contribution is -0.139. The van der Waals surface area contributed by atoms with Crippen molar-refractivity contribution in [2.24, 2.45) is 0 Å². The Bertz CT molecular complexity index is 1200. The summed E-state index contributed by atoms with van der Waals surface area (Å²) in [5, 5.41) is 6.32. The molecular weight excluding hydrogens is 549 g/mol. The lowest BCUT2D eigenvalue weighted by Crippen LogP contribution is -2.56. The number of halogens is 7. The van der Waals surface area contributed by atoms with E-state index in [-0.39, 0.29) is 41.5 Å². The van der Waals surface area contributed by atoms with E-state index in [2.05, 4.69) is 20.4 Å². The van der Waals surface area contributed by atoms with Gasteiger partial charge in [-0.15, -0.1) is 13.1 Å². The van der Waals surface area contributed by atoms with Crippen LogP contribution in [0.2, 0.25) is 0 Å². The third-order valence-electron chi connectivity index (χ3n) is 6.10. The summed E-state index contributed by atoms with van der Waals surface area (Å²) in [5.41, 5.74) is -4.16. The minimum Gasteiger partial charge on any atom is -0.364 e. The van der Waals surface area contributed by atoms with Crippen molar-refractivity contribution in [1.82, 2.24) is 29.0 Å². The predicted molar refractivity (Wildman–Crippen MR) is 122 cm³/mol. The van der Waals surface area contributed by atoms with Crippen LogP contribution in [0.15, 0.2) is 23.3 Å². The molecule has 18 heteroatoms. The maximum atomic E-state index is 13.2. The molecule has 0 spiro atoms. The van der Waals surface area contributed by atoms with E-state index < -0.39 is 47.4 Å². The predicted octanol–water partition coefficient (Wildman–Crippen LogP) is 3.27. The number of anilines is 2. The number of urea groups is 1. The number of piperidine rings is 1. The van der Waals surface area contributed by atoms with Gasteiger partial charge in [0, 0.05) is 63.8 Å². The Balaban J connectivity index is 1.36. The Morgan fingerprint density at radius 3 is 2.21 bits per heavy atom. The van der Waals surface area contributed by atoms with E-state index in [1.807, 2.05) is 0 Å². The molecule has 1 N–H and O–H groups in total. The summed E-state index contributed by atoms with van der Waals surface area (Å²) in [5.74, 6) is -0.239. The van der Waals surface area contributed by atoms with Gasteiger partial charge < -0.3 is 20.0 Å². The number of carbonyl (C=O) groups excluding carboxylic acids is 1. The molecule has 10 nitrogen and oxygen atoms in total. The molecule has 2 aliphatic rings. The first-order chi connectivity index (χ1) is 17.9. The van der Waals surface area contributed by atoms with Gasteiger partial charge in [0.1, 0.15) is 11.4 Å². The molecular formula is C20H21F7N8O2S. The lowest BCUT2D eigenvalue weighted by atomic mass is 10.1. The standard InChI is InChI=1S/C20H21F7N8O2S/c21-19(22,23)12-9-28-17(29-10-12)32-4-6-33(7-5-32)18(37)34-3-1-2-13(11-34)30-15-8-14(20(24,25)26)16(36)35(31-15)38-27/h8-10,13H,1-7,11H2,(H,30,31). The first-order valence-corrected chi connectivity index (χ1v) is 12.0. The van der Waals surface area contributed by atoms with Gasteiger partial charge >= 0.3 is 18.4 Å². The van der Waals surface area contributed by atoms with Gasteiger partial charge in [0.25, 0.3) is 5.56 Å². The molecule has 1 atom stereocenters. The van der Waals surface area contributed by atoms with Crippen molar-refractivity contribution in [2.45, 2.75) is 31.2 Å². The molecule has 4 heterocycles. The number of nitrogens with zero attached hydrogens (tertiary/aromatic N) is 7. The number of rotatable bonds is 4. The molecule has 0 bridgehead atoms. The van der Waals surface area contributed by atoms with Crippen molar-refractivity contribution in [2.75, 3.05) is 49.5 Å². The normalized spacial score (nSPS) is 19.0. The van der Waals surface area contributed by atoms with Crippen molar-refractivity contribution >= 4 is 30.1 Å². The van der Waals surface area contributed by atoms with Crippen LogP contribution >= 0.6 is 12.3 Å². The molecule has 0 radical (unpaired) electrons. The number of alkyl halides is 6. The number of amides is 2. The molecule has 38 heavy (non-hydrogen) atoms. The van der Waals surface area contributed by atoms with Crippen LogP contribution in [0.25, 0.3) is 0 Å². The second kappa shape index (κ2) is 10.8. The van der Waals surface area contributed by atoms with Crippen LogP contribution in [-0.4, -0.2) is 80.3 Å². The zero-order valence-corrected chi connectivity index (χ0v) is 20.3. The number of aromatic nitrogens is 4. The molecule has 0 aliphatic carbocycles. The highest BCUT2D eigenvalue weighted by atomic mass is 32.2. The van der Waals surface area contributed by atoms with E-state index >= 15 is 0 Å². The van der Waals surface area contributed by atoms with Crippen molar-refractivity contribution < 1.29 is 35.0 Å². The monoisotopic (exact) mass is 570 g/mol. The van der Waals surface area contributed by atoms with Crippen LogP contribution in [-0.2, 0) is 12.4 Å². The molecule has 0 aromatic carbocycles. The molecule has 2 fully saturated rings. The highest BCUT2D eigenvalue weighted by Crippen LogP contribution is 2.30. The maximum Gasteiger partial charge on any atom is 0.421 e. The Morgan fingerprint density at radius 1 is 0.974 bits per heavy atom. The fraction of sp³-hybridized carbons (Fsp3) is 0.550. The maximum absolute atomic E-state index is 13.2. The van der Waals surface area contributed by atoms with E-state index in [9.17, 15) is 39.8 Å². The van der Waals surface area contributed by atoms with Crippen molar-refractivity contribution in [3.63, 3.8) is 0 Å². The van der Waals surface area contributed by atoms with Crippen molar-refractivity contribution in [3.8, 4) is 0 Å². The molecule has 2 aromatic heterocycles. The Labute approximate surface area is 215 Å². The van der Waals surface area contributed by atoms with Gasteiger partial charge in [-0.2, -0.15) is 26.3 Å². The van der Waals surface area contributed by atoms with Crippen molar-refractivity contribution in [3.05, 3.63) is 39.9 Å². The zero-order chi connectivity index (χ0) is 27.7. The fourth-order valence-electron chi connectivity index (χ4n) is 4.20. The second-order valence-corrected chi connectivity index (χ2v) is 9.13. The minimum atomic E-state index is -5.00. The summed E-state index contributed by atoms with van der Waals surface area (Å²) in [6, 6.07) is -0.297. The first kappa shape index (κ1) is 27.7. The number of nitrogens with one attached hydrogen (secondary N) is 1. The van der Waals surface area contributed by atoms with Crippen LogP contribution in [0.1, 0.15) is 24.0 Å². The molecule has 2 aromatic rings. The van der Waals surface area contributed by atoms with Crippen LogP contribution in [0.4, 0.5) is 46.8 Å². The van der Waals surface area contributed by atoms with Crippen LogP contribution in [0, 0.1) is 0 Å². The Morgan fingerprint density at radius 2 is 1.63 bits per heavy atom. The lowest BCUT2D eigenvalue weighted by Gasteiger charge is -2.40. The largest absolute Gasteiger partial charge is 0.421 e. The van der Waals surface area contributed by atoms with Gasteiger partial charge in [-0.05, 0) is 12.8 Å². The summed E-state index contributed by atoms with van der Waals surface area (Å²) in [6.07, 6.45) is -7.12. The number of piperazine rings is 1. The van der Waals surface area contributed by atoms with Gasteiger partial charge in [0.15, 0.2) is 12.3 Å². The van der Waals surface area contributed by atoms with E-state index in [1.165, 1.54) is 4.90 Å². The summed E-state index contributed by atoms with van der Waals surface area (Å²) in [7, 11) is 0. The van der Waals surface area contributed by atoms with Gasteiger partial charge in [-0.3, -0.25) is 4.79 Å². The topological polar surface area (TPSA) is 99.5 Å². The van der Waals surface area contributed by atoms with Gasteiger partial charge in [-0.25, -0.2) is 14.8 Å². The minimum absolute atomic E-state index is 0.00321. The van der Waals surface area contributed by atoms with Crippen LogP contribution in [0.3, 0.4) is 0 Å². The fourth-order valence-corrected chi connectivity index (χ4v) is 4.48. The van der Waals surface area contributed by atoms with Gasteiger partial charge in [-0.1, -0.05) is 0 Å². The first-order valence-electron chi connectivity index (χ1n) is 11.3. The molecule has 0 saturated carbocycles. The number of carbonyl (C=O) groups is 1. The van der Waals surface area contributed by atoms with E-state index in [0.29, 0.717) is 50.9 Å². The van der Waals surface area contributed by atoms with Crippen LogP contribution < -0.4 is 15.8 Å². The second-order valence-electron chi connectivity index (χ2n) is 8.64. The van der Waals surface area contributed by atoms with Gasteiger partial charge in [0.2, 0.25) is 5.95 Å². The third kappa shape index (κ3) is 6.21. The van der Waals surface area contributed by atoms with Crippen LogP contribution in [0.5, 0.6) is 0 Å². The zero-order valence-electron chi connectivity index (χ0n) is 19.5.